The molecule has 2 heterocycles. The Morgan fingerprint density at radius 3 is 2.57 bits per heavy atom. The number of nitrogens with one attached hydrogen (secondary N) is 1. The Balaban J connectivity index is 1.95. The van der Waals surface area contributed by atoms with Crippen molar-refractivity contribution >= 4 is 22.9 Å². The number of aromatic nitrogens is 3. The van der Waals surface area contributed by atoms with E-state index in [4.69, 9.17) is 4.98 Å². The number of benzene rings is 1. The Hall–Kier alpha value is -2.47. The van der Waals surface area contributed by atoms with Gasteiger partial charge in [0.25, 0.3) is 0 Å². The van der Waals surface area contributed by atoms with Gasteiger partial charge >= 0.3 is 0 Å². The van der Waals surface area contributed by atoms with Crippen LogP contribution in [-0.4, -0.2) is 20.7 Å². The molecular formula is C17H18N4OS. The number of carbonyl (C=O) groups is 1. The number of hydrogen-bond acceptors (Lipinski definition) is 4. The first-order chi connectivity index (χ1) is 11.1. The molecule has 1 N–H and O–H groups in total. The van der Waals surface area contributed by atoms with Crippen molar-refractivity contribution in [3.63, 3.8) is 0 Å². The molecule has 0 atom stereocenters. The van der Waals surface area contributed by atoms with Crippen molar-refractivity contribution in [2.24, 2.45) is 7.05 Å². The number of aryl methyl sites for hydroxylation is 2. The molecule has 5 nitrogen and oxygen atoms in total. The van der Waals surface area contributed by atoms with Crippen molar-refractivity contribution in [2.45, 2.75) is 20.3 Å². The summed E-state index contributed by atoms with van der Waals surface area (Å²) < 4.78 is 1.78. The maximum Gasteiger partial charge on any atom is 0.221 e. The van der Waals surface area contributed by atoms with Gasteiger partial charge in [-0.05, 0) is 18.6 Å². The highest BCUT2D eigenvalue weighted by Gasteiger charge is 2.14. The quantitative estimate of drug-likeness (QED) is 0.794. The van der Waals surface area contributed by atoms with Gasteiger partial charge in [0.2, 0.25) is 5.91 Å². The van der Waals surface area contributed by atoms with E-state index in [1.807, 2.05) is 43.7 Å². The maximum atomic E-state index is 11.1. The number of thiazole rings is 1. The summed E-state index contributed by atoms with van der Waals surface area (Å²) in [5.41, 5.74) is 3.89. The highest BCUT2D eigenvalue weighted by Crippen LogP contribution is 2.34. The first-order valence-corrected chi connectivity index (χ1v) is 8.25. The number of rotatable bonds is 4. The zero-order valence-electron chi connectivity index (χ0n) is 13.3. The fraction of sp³-hybridized carbons (Fsp3) is 0.235. The second kappa shape index (κ2) is 6.34. The van der Waals surface area contributed by atoms with Gasteiger partial charge in [0.15, 0.2) is 0 Å². The second-order valence-electron chi connectivity index (χ2n) is 5.31. The highest BCUT2D eigenvalue weighted by atomic mass is 32.1. The molecule has 0 unspecified atom stereocenters. The molecule has 118 valence electrons. The van der Waals surface area contributed by atoms with E-state index in [0.717, 1.165) is 33.9 Å². The lowest BCUT2D eigenvalue weighted by atomic mass is 10.1. The first-order valence-electron chi connectivity index (χ1n) is 7.43. The average molecular weight is 326 g/mol. The molecule has 2 aromatic heterocycles. The van der Waals surface area contributed by atoms with Crippen LogP contribution in [0.3, 0.4) is 0 Å². The molecule has 0 saturated carbocycles. The zero-order chi connectivity index (χ0) is 16.4. The molecule has 0 bridgehead atoms. The number of nitrogens with zero attached hydrogens (tertiary/aromatic N) is 3. The Bertz CT molecular complexity index is 833. The molecule has 0 aliphatic carbocycles. The van der Waals surface area contributed by atoms with E-state index in [2.05, 4.69) is 17.3 Å². The zero-order valence-corrected chi connectivity index (χ0v) is 14.1. The van der Waals surface area contributed by atoms with Crippen LogP contribution >= 0.6 is 11.3 Å². The molecule has 0 saturated heterocycles. The predicted octanol–water partition coefficient (Wildman–Crippen LogP) is 3.73. The number of hydrogen-bond donors (Lipinski definition) is 1. The minimum atomic E-state index is -0.0699. The second-order valence-corrected chi connectivity index (χ2v) is 6.39. The van der Waals surface area contributed by atoms with Crippen LogP contribution in [0, 0.1) is 0 Å². The molecule has 1 aromatic carbocycles. The monoisotopic (exact) mass is 326 g/mol. The molecule has 0 spiro atoms. The third-order valence-electron chi connectivity index (χ3n) is 3.45. The number of amides is 1. The van der Waals surface area contributed by atoms with E-state index in [9.17, 15) is 4.79 Å². The molecular weight excluding hydrogens is 308 g/mol. The summed E-state index contributed by atoms with van der Waals surface area (Å²) in [5, 5.41) is 7.97. The SMILES string of the molecule is CCc1sc(-c2cnn(C)c2)nc1-c1ccc(NC(C)=O)cc1. The lowest BCUT2D eigenvalue weighted by Gasteiger charge is -2.04. The van der Waals surface area contributed by atoms with Crippen LogP contribution in [0.15, 0.2) is 36.7 Å². The summed E-state index contributed by atoms with van der Waals surface area (Å²) in [7, 11) is 1.90. The minimum Gasteiger partial charge on any atom is -0.326 e. The van der Waals surface area contributed by atoms with Gasteiger partial charge in [-0.2, -0.15) is 5.10 Å². The van der Waals surface area contributed by atoms with Gasteiger partial charge < -0.3 is 5.32 Å². The Labute approximate surface area is 139 Å². The van der Waals surface area contributed by atoms with Crippen LogP contribution in [0.5, 0.6) is 0 Å². The lowest BCUT2D eigenvalue weighted by molar-refractivity contribution is -0.114. The summed E-state index contributed by atoms with van der Waals surface area (Å²) in [6.07, 6.45) is 4.74. The van der Waals surface area contributed by atoms with E-state index >= 15 is 0 Å². The number of carbonyl (C=O) groups excluding carboxylic acids is 1. The standard InChI is InChI=1S/C17H18N4OS/c1-4-15-16(12-5-7-14(8-6-12)19-11(2)22)20-17(23-15)13-9-18-21(3)10-13/h5-10H,4H2,1-3H3,(H,19,22). The molecule has 1 amide bonds. The number of anilines is 1. The van der Waals surface area contributed by atoms with E-state index in [-0.39, 0.29) is 5.91 Å². The highest BCUT2D eigenvalue weighted by molar-refractivity contribution is 7.15. The van der Waals surface area contributed by atoms with Crippen LogP contribution in [0.1, 0.15) is 18.7 Å². The summed E-state index contributed by atoms with van der Waals surface area (Å²) >= 11 is 1.70. The smallest absolute Gasteiger partial charge is 0.221 e. The van der Waals surface area contributed by atoms with Crippen molar-refractivity contribution < 1.29 is 4.79 Å². The van der Waals surface area contributed by atoms with Crippen LogP contribution in [0.2, 0.25) is 0 Å². The Morgan fingerprint density at radius 1 is 1.26 bits per heavy atom. The lowest BCUT2D eigenvalue weighted by Crippen LogP contribution is -2.05. The minimum absolute atomic E-state index is 0.0699. The van der Waals surface area contributed by atoms with Gasteiger partial charge in [0.05, 0.1) is 11.9 Å². The molecule has 0 fully saturated rings. The van der Waals surface area contributed by atoms with Crippen LogP contribution < -0.4 is 5.32 Å². The predicted molar refractivity (Wildman–Crippen MR) is 93.4 cm³/mol. The summed E-state index contributed by atoms with van der Waals surface area (Å²) in [6, 6.07) is 7.79. The van der Waals surface area contributed by atoms with E-state index in [0.29, 0.717) is 0 Å². The largest absolute Gasteiger partial charge is 0.326 e. The Morgan fingerprint density at radius 2 is 2.00 bits per heavy atom. The Kier molecular flexibility index (Phi) is 4.25. The normalized spacial score (nSPS) is 10.7. The van der Waals surface area contributed by atoms with Gasteiger partial charge in [-0.1, -0.05) is 19.1 Å². The van der Waals surface area contributed by atoms with Crippen LogP contribution in [0.4, 0.5) is 5.69 Å². The van der Waals surface area contributed by atoms with Crippen molar-refractivity contribution in [1.29, 1.82) is 0 Å². The van der Waals surface area contributed by atoms with Crippen molar-refractivity contribution in [1.82, 2.24) is 14.8 Å². The van der Waals surface area contributed by atoms with Crippen molar-refractivity contribution in [2.75, 3.05) is 5.32 Å². The molecule has 3 rings (SSSR count). The molecule has 0 aliphatic heterocycles. The van der Waals surface area contributed by atoms with Gasteiger partial charge in [-0.3, -0.25) is 9.48 Å². The average Bonchev–Trinajstić information content (AvgIpc) is 3.13. The van der Waals surface area contributed by atoms with Gasteiger partial charge in [-0.15, -0.1) is 11.3 Å². The fourth-order valence-electron chi connectivity index (χ4n) is 2.39. The van der Waals surface area contributed by atoms with Gasteiger partial charge in [0, 0.05) is 41.9 Å². The summed E-state index contributed by atoms with van der Waals surface area (Å²) in [4.78, 5) is 17.2. The van der Waals surface area contributed by atoms with Crippen LogP contribution in [0.25, 0.3) is 21.8 Å². The third-order valence-corrected chi connectivity index (χ3v) is 4.70. The van der Waals surface area contributed by atoms with Crippen molar-refractivity contribution in [3.8, 4) is 21.8 Å². The van der Waals surface area contributed by atoms with Crippen molar-refractivity contribution in [3.05, 3.63) is 41.5 Å². The first kappa shape index (κ1) is 15.4. The fourth-order valence-corrected chi connectivity index (χ4v) is 3.38. The van der Waals surface area contributed by atoms with E-state index in [1.165, 1.54) is 11.8 Å². The molecule has 6 heteroatoms. The molecule has 23 heavy (non-hydrogen) atoms. The van der Waals surface area contributed by atoms with Gasteiger partial charge in [-0.25, -0.2) is 4.98 Å². The molecule has 0 aliphatic rings. The van der Waals surface area contributed by atoms with Crippen LogP contribution in [-0.2, 0) is 18.3 Å². The topological polar surface area (TPSA) is 59.8 Å². The van der Waals surface area contributed by atoms with E-state index < -0.39 is 0 Å². The van der Waals surface area contributed by atoms with Gasteiger partial charge in [0.1, 0.15) is 5.01 Å². The summed E-state index contributed by atoms with van der Waals surface area (Å²) in [6.45, 7) is 3.64. The molecule has 3 aromatic rings. The third kappa shape index (κ3) is 3.32. The molecule has 0 radical (unpaired) electrons. The van der Waals surface area contributed by atoms with E-state index in [1.54, 1.807) is 16.0 Å². The summed E-state index contributed by atoms with van der Waals surface area (Å²) in [5.74, 6) is -0.0699. The maximum absolute atomic E-state index is 11.1.